The van der Waals surface area contributed by atoms with Gasteiger partial charge in [0.25, 0.3) is 5.91 Å². The van der Waals surface area contributed by atoms with Gasteiger partial charge < -0.3 is 10.0 Å². The Morgan fingerprint density at radius 1 is 1.65 bits per heavy atom. The third-order valence-electron chi connectivity index (χ3n) is 2.88. The molecule has 1 aliphatic rings. The number of carbonyl (C=O) groups is 1. The molecule has 88 valence electrons. The van der Waals surface area contributed by atoms with Gasteiger partial charge in [0.2, 0.25) is 0 Å². The number of hydrogen-bond acceptors (Lipinski definition) is 4. The van der Waals surface area contributed by atoms with E-state index in [0.29, 0.717) is 36.5 Å². The minimum absolute atomic E-state index is 0.186. The van der Waals surface area contributed by atoms with E-state index in [1.165, 1.54) is 0 Å². The first-order valence-electron chi connectivity index (χ1n) is 5.47. The normalized spacial score (nSPS) is 19.1. The molecule has 1 N–H and O–H groups in total. The summed E-state index contributed by atoms with van der Waals surface area (Å²) in [5, 5.41) is 18.2. The predicted molar refractivity (Wildman–Crippen MR) is 60.2 cm³/mol. The maximum absolute atomic E-state index is 12.0. The molecule has 1 atom stereocenters. The molecule has 0 unspecified atom stereocenters. The Kier molecular flexibility index (Phi) is 3.07. The number of carbonyl (C=O) groups excluding carboxylic acids is 1. The van der Waals surface area contributed by atoms with Gasteiger partial charge in [-0.2, -0.15) is 5.26 Å². The standard InChI is InChI=1S/C12H13N3O2/c1-8-9(6-13)2-3-11(14-8)12(17)15-5-4-10(16)7-15/h2-3,10,16H,4-5,7H2,1H3/t10-/m1/s1. The molecule has 1 aromatic heterocycles. The predicted octanol–water partition coefficient (Wildman–Crippen LogP) is 0.468. The number of aliphatic hydroxyl groups is 1. The lowest BCUT2D eigenvalue weighted by molar-refractivity contribution is 0.0759. The maximum atomic E-state index is 12.0. The van der Waals surface area contributed by atoms with Gasteiger partial charge in [0.05, 0.1) is 17.4 Å². The molecule has 2 heterocycles. The fourth-order valence-corrected chi connectivity index (χ4v) is 1.89. The Morgan fingerprint density at radius 2 is 2.41 bits per heavy atom. The minimum atomic E-state index is -0.432. The first-order chi connectivity index (χ1) is 8.11. The first-order valence-corrected chi connectivity index (χ1v) is 5.47. The Hall–Kier alpha value is -1.93. The third kappa shape index (κ3) is 2.27. The number of nitriles is 1. The number of likely N-dealkylation sites (tertiary alicyclic amines) is 1. The second-order valence-electron chi connectivity index (χ2n) is 4.13. The van der Waals surface area contributed by atoms with Gasteiger partial charge >= 0.3 is 0 Å². The number of aryl methyl sites for hydroxylation is 1. The summed E-state index contributed by atoms with van der Waals surface area (Å²) in [6, 6.07) is 5.16. The number of aromatic nitrogens is 1. The first kappa shape index (κ1) is 11.6. The number of hydrogen-bond donors (Lipinski definition) is 1. The van der Waals surface area contributed by atoms with Gasteiger partial charge in [-0.25, -0.2) is 4.98 Å². The van der Waals surface area contributed by atoms with Crippen molar-refractivity contribution in [2.45, 2.75) is 19.4 Å². The monoisotopic (exact) mass is 231 g/mol. The average molecular weight is 231 g/mol. The van der Waals surface area contributed by atoms with Gasteiger partial charge in [-0.05, 0) is 25.5 Å². The van der Waals surface area contributed by atoms with Crippen LogP contribution < -0.4 is 0 Å². The molecule has 1 amide bonds. The fraction of sp³-hybridized carbons (Fsp3) is 0.417. The van der Waals surface area contributed by atoms with Gasteiger partial charge in [-0.3, -0.25) is 4.79 Å². The summed E-state index contributed by atoms with van der Waals surface area (Å²) < 4.78 is 0. The lowest BCUT2D eigenvalue weighted by atomic mass is 10.2. The molecule has 2 rings (SSSR count). The zero-order chi connectivity index (χ0) is 12.4. The zero-order valence-electron chi connectivity index (χ0n) is 9.55. The molecule has 0 spiro atoms. The molecule has 0 aliphatic carbocycles. The third-order valence-corrected chi connectivity index (χ3v) is 2.88. The highest BCUT2D eigenvalue weighted by Crippen LogP contribution is 2.13. The highest BCUT2D eigenvalue weighted by Gasteiger charge is 2.26. The number of β-amino-alcohol motifs (C(OH)–C–C–N with tert-alkyl or cyclic N) is 1. The van der Waals surface area contributed by atoms with Crippen LogP contribution >= 0.6 is 0 Å². The van der Waals surface area contributed by atoms with E-state index in [0.717, 1.165) is 0 Å². The highest BCUT2D eigenvalue weighted by molar-refractivity contribution is 5.92. The van der Waals surface area contributed by atoms with Crippen LogP contribution in [0.25, 0.3) is 0 Å². The maximum Gasteiger partial charge on any atom is 0.272 e. The molecule has 1 aliphatic heterocycles. The van der Waals surface area contributed by atoms with E-state index in [9.17, 15) is 9.90 Å². The molecule has 1 fully saturated rings. The number of aliphatic hydroxyl groups excluding tert-OH is 1. The Bertz CT molecular complexity index is 493. The van der Waals surface area contributed by atoms with E-state index in [-0.39, 0.29) is 5.91 Å². The van der Waals surface area contributed by atoms with Crippen LogP contribution in [-0.2, 0) is 0 Å². The second-order valence-corrected chi connectivity index (χ2v) is 4.13. The minimum Gasteiger partial charge on any atom is -0.391 e. The molecule has 5 nitrogen and oxygen atoms in total. The van der Waals surface area contributed by atoms with Gasteiger partial charge in [0.1, 0.15) is 11.8 Å². The van der Waals surface area contributed by atoms with E-state index >= 15 is 0 Å². The van der Waals surface area contributed by atoms with Crippen LogP contribution in [0.3, 0.4) is 0 Å². The van der Waals surface area contributed by atoms with Crippen molar-refractivity contribution in [1.29, 1.82) is 5.26 Å². The van der Waals surface area contributed by atoms with Crippen LogP contribution in [0, 0.1) is 18.3 Å². The van der Waals surface area contributed by atoms with Crippen molar-refractivity contribution in [3.8, 4) is 6.07 Å². The molecule has 1 saturated heterocycles. The summed E-state index contributed by atoms with van der Waals surface area (Å²) >= 11 is 0. The van der Waals surface area contributed by atoms with Crippen molar-refractivity contribution >= 4 is 5.91 Å². The van der Waals surface area contributed by atoms with E-state index in [4.69, 9.17) is 5.26 Å². The highest BCUT2D eigenvalue weighted by atomic mass is 16.3. The van der Waals surface area contributed by atoms with Crippen LogP contribution in [0.5, 0.6) is 0 Å². The molecular formula is C12H13N3O2. The van der Waals surface area contributed by atoms with Gasteiger partial charge in [-0.1, -0.05) is 0 Å². The smallest absolute Gasteiger partial charge is 0.272 e. The van der Waals surface area contributed by atoms with Crippen LogP contribution in [0.15, 0.2) is 12.1 Å². The van der Waals surface area contributed by atoms with Crippen LogP contribution in [0.2, 0.25) is 0 Å². The summed E-state index contributed by atoms with van der Waals surface area (Å²) in [4.78, 5) is 17.7. The van der Waals surface area contributed by atoms with Crippen molar-refractivity contribution in [3.05, 3.63) is 29.1 Å². The molecule has 1 aromatic rings. The number of pyridine rings is 1. The topological polar surface area (TPSA) is 77.2 Å². The van der Waals surface area contributed by atoms with Gasteiger partial charge in [0, 0.05) is 13.1 Å². The molecular weight excluding hydrogens is 218 g/mol. The lowest BCUT2D eigenvalue weighted by Crippen LogP contribution is -2.30. The molecule has 0 bridgehead atoms. The van der Waals surface area contributed by atoms with Crippen LogP contribution in [0.4, 0.5) is 0 Å². The molecule has 17 heavy (non-hydrogen) atoms. The number of rotatable bonds is 1. The van der Waals surface area contributed by atoms with Crippen LogP contribution in [0.1, 0.15) is 28.2 Å². The summed E-state index contributed by atoms with van der Waals surface area (Å²) in [7, 11) is 0. The van der Waals surface area contributed by atoms with Crippen molar-refractivity contribution in [2.24, 2.45) is 0 Å². The average Bonchev–Trinajstić information content (AvgIpc) is 2.75. The molecule has 0 radical (unpaired) electrons. The number of amides is 1. The largest absolute Gasteiger partial charge is 0.391 e. The van der Waals surface area contributed by atoms with Gasteiger partial charge in [0.15, 0.2) is 0 Å². The van der Waals surface area contributed by atoms with E-state index < -0.39 is 6.10 Å². The van der Waals surface area contributed by atoms with Crippen molar-refractivity contribution < 1.29 is 9.90 Å². The van der Waals surface area contributed by atoms with E-state index in [2.05, 4.69) is 4.98 Å². The van der Waals surface area contributed by atoms with Crippen molar-refractivity contribution in [1.82, 2.24) is 9.88 Å². The van der Waals surface area contributed by atoms with E-state index in [1.54, 1.807) is 24.0 Å². The van der Waals surface area contributed by atoms with E-state index in [1.807, 2.05) is 6.07 Å². The zero-order valence-corrected chi connectivity index (χ0v) is 9.55. The van der Waals surface area contributed by atoms with Crippen LogP contribution in [-0.4, -0.2) is 40.1 Å². The quantitative estimate of drug-likeness (QED) is 0.762. The number of nitrogens with zero attached hydrogens (tertiary/aromatic N) is 3. The summed E-state index contributed by atoms with van der Waals surface area (Å²) in [5.41, 5.74) is 1.36. The van der Waals surface area contributed by atoms with Gasteiger partial charge in [-0.15, -0.1) is 0 Å². The lowest BCUT2D eigenvalue weighted by Gasteiger charge is -2.15. The second kappa shape index (κ2) is 4.52. The Morgan fingerprint density at radius 3 is 2.94 bits per heavy atom. The molecule has 5 heteroatoms. The Balaban J connectivity index is 2.20. The Labute approximate surface area is 99.3 Å². The van der Waals surface area contributed by atoms with Crippen molar-refractivity contribution in [2.75, 3.05) is 13.1 Å². The SMILES string of the molecule is Cc1nc(C(=O)N2CC[C@@H](O)C2)ccc1C#N. The van der Waals surface area contributed by atoms with Crippen molar-refractivity contribution in [3.63, 3.8) is 0 Å². The summed E-state index contributed by atoms with van der Waals surface area (Å²) in [6.07, 6.45) is 0.180. The fourth-order valence-electron chi connectivity index (χ4n) is 1.89. The summed E-state index contributed by atoms with van der Waals surface area (Å²) in [5.74, 6) is -0.186. The summed E-state index contributed by atoms with van der Waals surface area (Å²) in [6.45, 7) is 2.62. The molecule has 0 saturated carbocycles. The molecule has 0 aromatic carbocycles.